The minimum absolute atomic E-state index is 0.648. The van der Waals surface area contributed by atoms with Gasteiger partial charge in [0, 0.05) is 46.9 Å². The summed E-state index contributed by atoms with van der Waals surface area (Å²) >= 11 is 12.4. The molecule has 0 aliphatic rings. The van der Waals surface area contributed by atoms with E-state index < -0.39 is 0 Å². The zero-order chi connectivity index (χ0) is 20.5. The van der Waals surface area contributed by atoms with Gasteiger partial charge in [0.05, 0.1) is 23.9 Å². The molecule has 0 saturated heterocycles. The first-order chi connectivity index (χ1) is 14.7. The first kappa shape index (κ1) is 18.9. The Morgan fingerprint density at radius 1 is 0.800 bits per heavy atom. The van der Waals surface area contributed by atoms with Gasteiger partial charge in [-0.1, -0.05) is 35.3 Å². The number of imidazole rings is 2. The molecule has 5 aromatic rings. The van der Waals surface area contributed by atoms with Crippen LogP contribution in [-0.2, 0) is 13.1 Å². The maximum absolute atomic E-state index is 6.29. The molecule has 30 heavy (non-hydrogen) atoms. The molecule has 0 atom stereocenters. The lowest BCUT2D eigenvalue weighted by molar-refractivity contribution is 0.792. The number of hydrogen-bond acceptors (Lipinski definition) is 3. The summed E-state index contributed by atoms with van der Waals surface area (Å²) < 4.78 is 4.18. The summed E-state index contributed by atoms with van der Waals surface area (Å²) in [5.74, 6) is 0.849. The van der Waals surface area contributed by atoms with Crippen molar-refractivity contribution in [3.63, 3.8) is 0 Å². The van der Waals surface area contributed by atoms with Gasteiger partial charge < -0.3 is 9.13 Å². The summed E-state index contributed by atoms with van der Waals surface area (Å²) in [7, 11) is 0. The molecule has 3 heterocycles. The molecule has 0 spiro atoms. The van der Waals surface area contributed by atoms with Crippen LogP contribution in [0.4, 0.5) is 0 Å². The largest absolute Gasteiger partial charge is 0.333 e. The molecule has 5 nitrogen and oxygen atoms in total. The van der Waals surface area contributed by atoms with Gasteiger partial charge in [0.15, 0.2) is 0 Å². The van der Waals surface area contributed by atoms with Gasteiger partial charge in [-0.25, -0.2) is 9.97 Å². The van der Waals surface area contributed by atoms with Crippen molar-refractivity contribution in [2.45, 2.75) is 13.1 Å². The van der Waals surface area contributed by atoms with E-state index in [9.17, 15) is 0 Å². The Bertz CT molecular complexity index is 1310. The molecule has 5 rings (SSSR count). The van der Waals surface area contributed by atoms with E-state index in [-0.39, 0.29) is 0 Å². The number of pyridine rings is 1. The van der Waals surface area contributed by atoms with Crippen molar-refractivity contribution >= 4 is 34.2 Å². The van der Waals surface area contributed by atoms with Gasteiger partial charge in [-0.05, 0) is 47.5 Å². The van der Waals surface area contributed by atoms with E-state index in [1.807, 2.05) is 65.6 Å². The van der Waals surface area contributed by atoms with Crippen LogP contribution in [-0.4, -0.2) is 24.1 Å². The second kappa shape index (κ2) is 7.94. The predicted octanol–water partition coefficient (Wildman–Crippen LogP) is 5.70. The second-order valence-electron chi connectivity index (χ2n) is 7.10. The maximum atomic E-state index is 6.29. The van der Waals surface area contributed by atoms with E-state index in [0.29, 0.717) is 23.1 Å². The van der Waals surface area contributed by atoms with E-state index in [1.165, 1.54) is 0 Å². The number of benzene rings is 2. The van der Waals surface area contributed by atoms with E-state index in [4.69, 9.17) is 28.2 Å². The van der Waals surface area contributed by atoms with Gasteiger partial charge in [0.25, 0.3) is 0 Å². The third-order valence-electron chi connectivity index (χ3n) is 4.94. The number of halogens is 2. The average Bonchev–Trinajstić information content (AvgIpc) is 3.38. The lowest BCUT2D eigenvalue weighted by atomic mass is 10.1. The highest BCUT2D eigenvalue weighted by molar-refractivity contribution is 6.31. The van der Waals surface area contributed by atoms with Gasteiger partial charge in [-0.15, -0.1) is 0 Å². The van der Waals surface area contributed by atoms with Crippen LogP contribution in [0.25, 0.3) is 22.4 Å². The lowest BCUT2D eigenvalue weighted by Gasteiger charge is -2.11. The molecule has 3 aromatic heterocycles. The first-order valence-corrected chi connectivity index (χ1v) is 10.2. The van der Waals surface area contributed by atoms with Crippen LogP contribution in [0.2, 0.25) is 10.0 Å². The molecule has 0 saturated carbocycles. The maximum Gasteiger partial charge on any atom is 0.143 e. The highest BCUT2D eigenvalue weighted by Gasteiger charge is 2.15. The monoisotopic (exact) mass is 433 g/mol. The quantitative estimate of drug-likeness (QED) is 0.357. The lowest BCUT2D eigenvalue weighted by Crippen LogP contribution is -2.03. The number of fused-ring (bicyclic) bond motifs is 1. The second-order valence-corrected chi connectivity index (χ2v) is 7.97. The van der Waals surface area contributed by atoms with Crippen molar-refractivity contribution in [3.8, 4) is 11.4 Å². The fourth-order valence-corrected chi connectivity index (χ4v) is 3.83. The van der Waals surface area contributed by atoms with Gasteiger partial charge in [-0.3, -0.25) is 4.98 Å². The Labute approximate surface area is 183 Å². The third-order valence-corrected chi connectivity index (χ3v) is 5.43. The van der Waals surface area contributed by atoms with Crippen LogP contribution >= 0.6 is 23.2 Å². The minimum Gasteiger partial charge on any atom is -0.333 e. The Balaban J connectivity index is 1.60. The molecular weight excluding hydrogens is 417 g/mol. The van der Waals surface area contributed by atoms with E-state index in [2.05, 4.69) is 20.6 Å². The number of rotatable bonds is 5. The Morgan fingerprint density at radius 3 is 2.43 bits per heavy atom. The SMILES string of the molecule is Clc1ccc(Cn2c(-c3cncc(Cn4ccnc4)c3)nc3ccc(Cl)cc32)cc1. The molecule has 148 valence electrons. The zero-order valence-electron chi connectivity index (χ0n) is 15.9. The van der Waals surface area contributed by atoms with Gasteiger partial charge in [-0.2, -0.15) is 0 Å². The van der Waals surface area contributed by atoms with Crippen LogP contribution in [0.15, 0.2) is 79.6 Å². The summed E-state index contributed by atoms with van der Waals surface area (Å²) in [6, 6.07) is 15.7. The zero-order valence-corrected chi connectivity index (χ0v) is 17.4. The topological polar surface area (TPSA) is 48.5 Å². The molecule has 0 aliphatic carbocycles. The first-order valence-electron chi connectivity index (χ1n) is 9.46. The molecule has 0 N–H and O–H groups in total. The molecule has 0 aliphatic heterocycles. The number of hydrogen-bond donors (Lipinski definition) is 0. The van der Waals surface area contributed by atoms with Gasteiger partial charge in [0.2, 0.25) is 0 Å². The number of aromatic nitrogens is 5. The van der Waals surface area contributed by atoms with Crippen LogP contribution in [0, 0.1) is 0 Å². The fraction of sp³-hybridized carbons (Fsp3) is 0.0870. The van der Waals surface area contributed by atoms with Crippen molar-refractivity contribution in [3.05, 3.63) is 101 Å². The average molecular weight is 434 g/mol. The Kier molecular flexibility index (Phi) is 4.99. The summed E-state index contributed by atoms with van der Waals surface area (Å²) in [5, 5.41) is 1.40. The molecule has 0 fully saturated rings. The minimum atomic E-state index is 0.648. The van der Waals surface area contributed by atoms with Crippen molar-refractivity contribution in [2.75, 3.05) is 0 Å². The fourth-order valence-electron chi connectivity index (χ4n) is 3.54. The number of nitrogens with zero attached hydrogens (tertiary/aromatic N) is 5. The van der Waals surface area contributed by atoms with Gasteiger partial charge in [0.1, 0.15) is 5.82 Å². The van der Waals surface area contributed by atoms with Crippen LogP contribution < -0.4 is 0 Å². The molecule has 0 radical (unpaired) electrons. The summed E-state index contributed by atoms with van der Waals surface area (Å²) in [6.45, 7) is 1.35. The van der Waals surface area contributed by atoms with Crippen molar-refractivity contribution in [1.82, 2.24) is 24.1 Å². The summed E-state index contributed by atoms with van der Waals surface area (Å²) in [6.07, 6.45) is 9.21. The highest BCUT2D eigenvalue weighted by Crippen LogP contribution is 2.28. The molecule has 0 amide bonds. The molecule has 7 heteroatoms. The highest BCUT2D eigenvalue weighted by atomic mass is 35.5. The normalized spacial score (nSPS) is 11.3. The molecule has 0 unspecified atom stereocenters. The smallest absolute Gasteiger partial charge is 0.143 e. The van der Waals surface area contributed by atoms with E-state index in [0.717, 1.165) is 33.5 Å². The van der Waals surface area contributed by atoms with Crippen LogP contribution in [0.5, 0.6) is 0 Å². The Morgan fingerprint density at radius 2 is 1.63 bits per heavy atom. The third kappa shape index (κ3) is 3.82. The van der Waals surface area contributed by atoms with Crippen molar-refractivity contribution < 1.29 is 0 Å². The molecule has 2 aromatic carbocycles. The van der Waals surface area contributed by atoms with E-state index >= 15 is 0 Å². The van der Waals surface area contributed by atoms with Crippen LogP contribution in [0.1, 0.15) is 11.1 Å². The van der Waals surface area contributed by atoms with Crippen molar-refractivity contribution in [1.29, 1.82) is 0 Å². The van der Waals surface area contributed by atoms with E-state index in [1.54, 1.807) is 12.5 Å². The summed E-state index contributed by atoms with van der Waals surface area (Å²) in [4.78, 5) is 13.5. The predicted molar refractivity (Wildman–Crippen MR) is 120 cm³/mol. The van der Waals surface area contributed by atoms with Crippen LogP contribution in [0.3, 0.4) is 0 Å². The van der Waals surface area contributed by atoms with Crippen molar-refractivity contribution in [2.24, 2.45) is 0 Å². The Hall–Kier alpha value is -3.15. The van der Waals surface area contributed by atoms with Gasteiger partial charge >= 0.3 is 0 Å². The molecular formula is C23H17Cl2N5. The summed E-state index contributed by atoms with van der Waals surface area (Å²) in [5.41, 5.74) is 5.03. The standard InChI is InChI=1S/C23H17Cl2N5/c24-19-3-1-16(2-4-19)14-30-22-10-20(25)5-6-21(22)28-23(30)18-9-17(11-27-12-18)13-29-8-7-26-15-29/h1-12,15H,13-14H2. The molecule has 0 bridgehead atoms.